The van der Waals surface area contributed by atoms with Gasteiger partial charge in [0, 0.05) is 32.1 Å². The molecule has 1 N–H and O–H groups in total. The summed E-state index contributed by atoms with van der Waals surface area (Å²) in [6, 6.07) is 9.61. The molecule has 0 unspecified atom stereocenters. The van der Waals surface area contributed by atoms with Gasteiger partial charge in [0.05, 0.1) is 0 Å². The summed E-state index contributed by atoms with van der Waals surface area (Å²) in [6.07, 6.45) is 1.78. The van der Waals surface area contributed by atoms with E-state index in [4.69, 9.17) is 9.47 Å². The molecular formula is C18H27NO4. The zero-order valence-corrected chi connectivity index (χ0v) is 14.0. The van der Waals surface area contributed by atoms with Crippen molar-refractivity contribution in [2.45, 2.75) is 39.7 Å². The second kappa shape index (κ2) is 11.7. The van der Waals surface area contributed by atoms with Crippen LogP contribution in [0.5, 0.6) is 0 Å². The third-order valence-corrected chi connectivity index (χ3v) is 3.20. The van der Waals surface area contributed by atoms with Crippen LogP contribution in [-0.4, -0.2) is 31.6 Å². The van der Waals surface area contributed by atoms with Crippen LogP contribution in [0.15, 0.2) is 30.3 Å². The van der Waals surface area contributed by atoms with Crippen molar-refractivity contribution in [3.63, 3.8) is 0 Å². The van der Waals surface area contributed by atoms with Gasteiger partial charge >= 0.3 is 5.97 Å². The van der Waals surface area contributed by atoms with Crippen LogP contribution in [0.1, 0.15) is 38.7 Å². The minimum absolute atomic E-state index is 0.0119. The lowest BCUT2D eigenvalue weighted by molar-refractivity contribution is -0.145. The van der Waals surface area contributed by atoms with Gasteiger partial charge in [0.1, 0.15) is 6.61 Å². The average molecular weight is 321 g/mol. The highest BCUT2D eigenvalue weighted by molar-refractivity contribution is 5.77. The third kappa shape index (κ3) is 9.68. The molecule has 1 rings (SSSR count). The maximum Gasteiger partial charge on any atom is 0.306 e. The van der Waals surface area contributed by atoms with Crippen molar-refractivity contribution in [2.75, 3.05) is 19.8 Å². The first-order valence-electron chi connectivity index (χ1n) is 8.14. The Morgan fingerprint density at radius 3 is 2.48 bits per heavy atom. The van der Waals surface area contributed by atoms with E-state index >= 15 is 0 Å². The highest BCUT2D eigenvalue weighted by Crippen LogP contribution is 2.03. The van der Waals surface area contributed by atoms with Crippen molar-refractivity contribution in [3.8, 4) is 0 Å². The van der Waals surface area contributed by atoms with Gasteiger partial charge in [-0.3, -0.25) is 9.59 Å². The largest absolute Gasteiger partial charge is 0.461 e. The summed E-state index contributed by atoms with van der Waals surface area (Å²) in [7, 11) is 0. The molecule has 0 aromatic heterocycles. The molecule has 5 nitrogen and oxygen atoms in total. The molecular weight excluding hydrogens is 294 g/mol. The number of rotatable bonds is 11. The predicted molar refractivity (Wildman–Crippen MR) is 88.8 cm³/mol. The van der Waals surface area contributed by atoms with Crippen LogP contribution >= 0.6 is 0 Å². The van der Waals surface area contributed by atoms with E-state index in [1.165, 1.54) is 0 Å². The summed E-state index contributed by atoms with van der Waals surface area (Å²) in [5.41, 5.74) is 0.987. The van der Waals surface area contributed by atoms with Crippen LogP contribution in [0.3, 0.4) is 0 Å². The fourth-order valence-electron chi connectivity index (χ4n) is 1.82. The predicted octanol–water partition coefficient (Wildman–Crippen LogP) is 2.69. The first kappa shape index (κ1) is 19.2. The average Bonchev–Trinajstić information content (AvgIpc) is 2.56. The van der Waals surface area contributed by atoms with Crippen LogP contribution in [0.25, 0.3) is 0 Å². The highest BCUT2D eigenvalue weighted by Gasteiger charge is 2.05. The van der Waals surface area contributed by atoms with Gasteiger partial charge in [-0.05, 0) is 18.4 Å². The van der Waals surface area contributed by atoms with Crippen LogP contribution in [0.2, 0.25) is 0 Å². The molecule has 0 aliphatic heterocycles. The summed E-state index contributed by atoms with van der Waals surface area (Å²) in [5.74, 6) is -0.134. The normalized spacial score (nSPS) is 10.6. The molecule has 0 spiro atoms. The molecule has 0 bridgehead atoms. The summed E-state index contributed by atoms with van der Waals surface area (Å²) in [4.78, 5) is 22.9. The van der Waals surface area contributed by atoms with Crippen molar-refractivity contribution in [1.29, 1.82) is 0 Å². The Bertz CT molecular complexity index is 459. The number of ether oxygens (including phenoxy) is 2. The summed E-state index contributed by atoms with van der Waals surface area (Å²) < 4.78 is 10.6. The zero-order valence-electron chi connectivity index (χ0n) is 14.0. The Balaban J connectivity index is 1.92. The number of esters is 1. The van der Waals surface area contributed by atoms with Crippen LogP contribution < -0.4 is 5.32 Å². The van der Waals surface area contributed by atoms with Gasteiger partial charge in [-0.25, -0.2) is 0 Å². The van der Waals surface area contributed by atoms with Crippen molar-refractivity contribution in [3.05, 3.63) is 35.9 Å². The molecule has 0 aliphatic carbocycles. The molecule has 0 atom stereocenters. The highest BCUT2D eigenvalue weighted by atomic mass is 16.5. The van der Waals surface area contributed by atoms with Gasteiger partial charge in [0.2, 0.25) is 5.91 Å². The molecule has 0 heterocycles. The number of nitrogens with one attached hydrogen (secondary N) is 1. The summed E-state index contributed by atoms with van der Waals surface area (Å²) in [5, 5.41) is 2.83. The fraction of sp³-hybridized carbons (Fsp3) is 0.556. The molecule has 0 fully saturated rings. The topological polar surface area (TPSA) is 64.6 Å². The molecule has 23 heavy (non-hydrogen) atoms. The second-order valence-electron chi connectivity index (χ2n) is 5.66. The summed E-state index contributed by atoms with van der Waals surface area (Å²) in [6.45, 7) is 5.77. The molecule has 1 aromatic carbocycles. The Morgan fingerprint density at radius 2 is 1.78 bits per heavy atom. The molecule has 0 saturated heterocycles. The van der Waals surface area contributed by atoms with Crippen molar-refractivity contribution >= 4 is 11.9 Å². The van der Waals surface area contributed by atoms with Gasteiger partial charge in [-0.2, -0.15) is 0 Å². The lowest BCUT2D eigenvalue weighted by Crippen LogP contribution is -2.29. The SMILES string of the molecule is CC(C)C(=O)NCCCOCCCC(=O)OCc1ccccc1. The quantitative estimate of drug-likeness (QED) is 0.503. The number of benzene rings is 1. The fourth-order valence-corrected chi connectivity index (χ4v) is 1.82. The van der Waals surface area contributed by atoms with Crippen molar-refractivity contribution < 1.29 is 19.1 Å². The van der Waals surface area contributed by atoms with Crippen LogP contribution in [0.4, 0.5) is 0 Å². The van der Waals surface area contributed by atoms with Crippen molar-refractivity contribution in [1.82, 2.24) is 5.32 Å². The van der Waals surface area contributed by atoms with E-state index in [0.29, 0.717) is 39.2 Å². The Hall–Kier alpha value is -1.88. The minimum Gasteiger partial charge on any atom is -0.461 e. The lowest BCUT2D eigenvalue weighted by atomic mass is 10.2. The molecule has 0 radical (unpaired) electrons. The number of hydrogen-bond donors (Lipinski definition) is 1. The van der Waals surface area contributed by atoms with E-state index in [2.05, 4.69) is 5.32 Å². The van der Waals surface area contributed by atoms with E-state index in [0.717, 1.165) is 12.0 Å². The van der Waals surface area contributed by atoms with Crippen molar-refractivity contribution in [2.24, 2.45) is 5.92 Å². The summed E-state index contributed by atoms with van der Waals surface area (Å²) >= 11 is 0. The lowest BCUT2D eigenvalue weighted by Gasteiger charge is -2.08. The number of hydrogen-bond acceptors (Lipinski definition) is 4. The third-order valence-electron chi connectivity index (χ3n) is 3.20. The monoisotopic (exact) mass is 321 g/mol. The van der Waals surface area contributed by atoms with Crippen LogP contribution in [0, 0.1) is 5.92 Å². The molecule has 5 heteroatoms. The second-order valence-corrected chi connectivity index (χ2v) is 5.66. The zero-order chi connectivity index (χ0) is 16.9. The van der Waals surface area contributed by atoms with Gasteiger partial charge in [-0.1, -0.05) is 44.2 Å². The number of carbonyl (C=O) groups is 2. The standard InChI is InChI=1S/C18H27NO4/c1-15(2)18(21)19-11-7-13-22-12-6-10-17(20)23-14-16-8-4-3-5-9-16/h3-5,8-9,15H,6-7,10-14H2,1-2H3,(H,19,21). The first-order chi connectivity index (χ1) is 11.1. The maximum atomic E-state index is 11.6. The number of carbonyl (C=O) groups excluding carboxylic acids is 2. The smallest absolute Gasteiger partial charge is 0.306 e. The Kier molecular flexibility index (Phi) is 9.71. The van der Waals surface area contributed by atoms with Crippen LogP contribution in [-0.2, 0) is 25.7 Å². The van der Waals surface area contributed by atoms with E-state index < -0.39 is 0 Å². The van der Waals surface area contributed by atoms with E-state index in [1.54, 1.807) is 0 Å². The molecule has 1 amide bonds. The molecule has 1 aromatic rings. The Labute approximate surface area is 138 Å². The Morgan fingerprint density at radius 1 is 1.09 bits per heavy atom. The van der Waals surface area contributed by atoms with Gasteiger partial charge in [0.25, 0.3) is 0 Å². The van der Waals surface area contributed by atoms with Gasteiger partial charge in [0.15, 0.2) is 0 Å². The number of amides is 1. The molecule has 0 saturated carbocycles. The molecule has 128 valence electrons. The van der Waals surface area contributed by atoms with E-state index in [-0.39, 0.29) is 17.8 Å². The van der Waals surface area contributed by atoms with E-state index in [9.17, 15) is 9.59 Å². The van der Waals surface area contributed by atoms with Gasteiger partial charge in [-0.15, -0.1) is 0 Å². The maximum absolute atomic E-state index is 11.6. The van der Waals surface area contributed by atoms with Gasteiger partial charge < -0.3 is 14.8 Å². The molecule has 0 aliphatic rings. The minimum atomic E-state index is -0.207. The first-order valence-corrected chi connectivity index (χ1v) is 8.14. The van der Waals surface area contributed by atoms with E-state index in [1.807, 2.05) is 44.2 Å².